The van der Waals surface area contributed by atoms with Crippen LogP contribution < -0.4 is 4.90 Å². The van der Waals surface area contributed by atoms with Crippen LogP contribution in [0.3, 0.4) is 0 Å². The minimum absolute atomic E-state index is 0.0232. The molecule has 0 aliphatic carbocycles. The van der Waals surface area contributed by atoms with Crippen LogP contribution in [0.5, 0.6) is 0 Å². The summed E-state index contributed by atoms with van der Waals surface area (Å²) >= 11 is 0. The number of nitrogens with zero attached hydrogens (tertiary/aromatic N) is 5. The molecule has 6 heteroatoms. The molecule has 0 saturated carbocycles. The Bertz CT molecular complexity index is 960. The van der Waals surface area contributed by atoms with Crippen LogP contribution in [0.4, 0.5) is 11.5 Å². The molecule has 0 unspecified atom stereocenters. The Morgan fingerprint density at radius 1 is 1.04 bits per heavy atom. The van der Waals surface area contributed by atoms with E-state index in [1.54, 1.807) is 16.9 Å². The lowest BCUT2D eigenvalue weighted by Crippen LogP contribution is -2.22. The summed E-state index contributed by atoms with van der Waals surface area (Å²) in [5.41, 5.74) is 2.57. The first-order valence-corrected chi connectivity index (χ1v) is 7.39. The van der Waals surface area contributed by atoms with E-state index < -0.39 is 0 Å². The summed E-state index contributed by atoms with van der Waals surface area (Å²) in [6, 6.07) is 13.7. The van der Waals surface area contributed by atoms with E-state index in [4.69, 9.17) is 0 Å². The minimum atomic E-state index is 0.0232. The molecule has 23 heavy (non-hydrogen) atoms. The highest BCUT2D eigenvalue weighted by Crippen LogP contribution is 2.29. The van der Waals surface area contributed by atoms with Gasteiger partial charge in [-0.2, -0.15) is 5.10 Å². The molecule has 0 spiro atoms. The van der Waals surface area contributed by atoms with E-state index in [9.17, 15) is 5.11 Å². The number of rotatable bonds is 4. The molecule has 0 radical (unpaired) electrons. The summed E-state index contributed by atoms with van der Waals surface area (Å²) < 4.78 is 1.71. The highest BCUT2D eigenvalue weighted by atomic mass is 16.3. The Balaban J connectivity index is 1.89. The van der Waals surface area contributed by atoms with Gasteiger partial charge >= 0.3 is 0 Å². The van der Waals surface area contributed by atoms with Gasteiger partial charge in [0, 0.05) is 30.4 Å². The van der Waals surface area contributed by atoms with Gasteiger partial charge in [-0.15, -0.1) is 0 Å². The maximum Gasteiger partial charge on any atom is 0.157 e. The SMILES string of the molecule is OCCN(c1ccn2nccc2n1)c1cccc2cccnc12. The molecule has 0 atom stereocenters. The fourth-order valence-corrected chi connectivity index (χ4v) is 2.72. The van der Waals surface area contributed by atoms with Gasteiger partial charge in [-0.25, -0.2) is 9.50 Å². The molecule has 0 bridgehead atoms. The Hall–Kier alpha value is -2.99. The van der Waals surface area contributed by atoms with Crippen molar-refractivity contribution >= 4 is 28.1 Å². The molecule has 1 aromatic carbocycles. The first-order valence-electron chi connectivity index (χ1n) is 7.39. The van der Waals surface area contributed by atoms with E-state index in [2.05, 4.69) is 15.1 Å². The van der Waals surface area contributed by atoms with E-state index in [0.717, 1.165) is 28.1 Å². The predicted octanol–water partition coefficient (Wildman–Crippen LogP) is 2.41. The lowest BCUT2D eigenvalue weighted by Gasteiger charge is -2.24. The van der Waals surface area contributed by atoms with Crippen LogP contribution in [0.1, 0.15) is 0 Å². The Kier molecular flexibility index (Phi) is 3.36. The normalized spacial score (nSPS) is 11.2. The summed E-state index contributed by atoms with van der Waals surface area (Å²) in [5.74, 6) is 0.755. The van der Waals surface area contributed by atoms with Crippen molar-refractivity contribution in [2.24, 2.45) is 0 Å². The van der Waals surface area contributed by atoms with E-state index in [1.807, 2.05) is 53.6 Å². The summed E-state index contributed by atoms with van der Waals surface area (Å²) in [7, 11) is 0. The Morgan fingerprint density at radius 3 is 2.87 bits per heavy atom. The van der Waals surface area contributed by atoms with E-state index in [0.29, 0.717) is 6.54 Å². The molecule has 0 amide bonds. The first-order chi connectivity index (χ1) is 11.4. The fraction of sp³-hybridized carbons (Fsp3) is 0.118. The molecular weight excluding hydrogens is 290 g/mol. The molecular formula is C17H15N5O. The number of benzene rings is 1. The molecule has 6 nitrogen and oxygen atoms in total. The zero-order valence-corrected chi connectivity index (χ0v) is 12.4. The van der Waals surface area contributed by atoms with Gasteiger partial charge in [0.1, 0.15) is 5.82 Å². The molecule has 3 heterocycles. The number of aliphatic hydroxyl groups is 1. The summed E-state index contributed by atoms with van der Waals surface area (Å²) in [6.07, 6.45) is 5.35. The zero-order chi connectivity index (χ0) is 15.6. The third kappa shape index (κ3) is 2.39. The van der Waals surface area contributed by atoms with Crippen LogP contribution >= 0.6 is 0 Å². The average Bonchev–Trinajstić information content (AvgIpc) is 3.07. The van der Waals surface area contributed by atoms with Gasteiger partial charge in [0.2, 0.25) is 0 Å². The molecule has 0 aliphatic heterocycles. The third-order valence-corrected chi connectivity index (χ3v) is 3.75. The van der Waals surface area contributed by atoms with Gasteiger partial charge in [-0.05, 0) is 18.2 Å². The molecule has 0 aliphatic rings. The largest absolute Gasteiger partial charge is 0.395 e. The average molecular weight is 305 g/mol. The number of anilines is 2. The maximum absolute atomic E-state index is 9.50. The Morgan fingerprint density at radius 2 is 1.96 bits per heavy atom. The fourth-order valence-electron chi connectivity index (χ4n) is 2.72. The molecule has 3 aromatic heterocycles. The van der Waals surface area contributed by atoms with Gasteiger partial charge in [0.05, 0.1) is 24.0 Å². The van der Waals surface area contributed by atoms with Crippen LogP contribution in [0, 0.1) is 0 Å². The van der Waals surface area contributed by atoms with Gasteiger partial charge < -0.3 is 10.0 Å². The summed E-state index contributed by atoms with van der Waals surface area (Å²) in [6.45, 7) is 0.461. The lowest BCUT2D eigenvalue weighted by atomic mass is 10.1. The number of aliphatic hydroxyl groups excluding tert-OH is 1. The number of hydrogen-bond donors (Lipinski definition) is 1. The van der Waals surface area contributed by atoms with Gasteiger partial charge in [0.25, 0.3) is 0 Å². The smallest absolute Gasteiger partial charge is 0.157 e. The van der Waals surface area contributed by atoms with E-state index in [-0.39, 0.29) is 6.61 Å². The topological polar surface area (TPSA) is 66.5 Å². The predicted molar refractivity (Wildman–Crippen MR) is 88.8 cm³/mol. The quantitative estimate of drug-likeness (QED) is 0.627. The van der Waals surface area contributed by atoms with Crippen molar-refractivity contribution in [3.8, 4) is 0 Å². The summed E-state index contributed by atoms with van der Waals surface area (Å²) in [4.78, 5) is 11.1. The number of pyridine rings is 1. The van der Waals surface area contributed by atoms with Crippen LogP contribution in [-0.4, -0.2) is 37.8 Å². The van der Waals surface area contributed by atoms with Gasteiger partial charge in [0.15, 0.2) is 5.65 Å². The van der Waals surface area contributed by atoms with E-state index in [1.165, 1.54) is 0 Å². The summed E-state index contributed by atoms with van der Waals surface area (Å²) in [5, 5.41) is 14.7. The highest BCUT2D eigenvalue weighted by Gasteiger charge is 2.14. The van der Waals surface area contributed by atoms with E-state index >= 15 is 0 Å². The van der Waals surface area contributed by atoms with Crippen molar-refractivity contribution in [3.63, 3.8) is 0 Å². The third-order valence-electron chi connectivity index (χ3n) is 3.75. The van der Waals surface area contributed by atoms with Crippen molar-refractivity contribution < 1.29 is 5.11 Å². The van der Waals surface area contributed by atoms with Crippen LogP contribution in [0.25, 0.3) is 16.6 Å². The second-order valence-electron chi connectivity index (χ2n) is 5.15. The second kappa shape index (κ2) is 5.66. The molecule has 114 valence electrons. The number of fused-ring (bicyclic) bond motifs is 2. The van der Waals surface area contributed by atoms with Crippen molar-refractivity contribution in [1.82, 2.24) is 19.6 Å². The van der Waals surface area contributed by atoms with Crippen LogP contribution in [0.15, 0.2) is 61.1 Å². The maximum atomic E-state index is 9.50. The molecule has 0 fully saturated rings. The number of aromatic nitrogens is 4. The number of para-hydroxylation sites is 1. The van der Waals surface area contributed by atoms with Crippen LogP contribution in [0.2, 0.25) is 0 Å². The Labute approximate surface area is 132 Å². The molecule has 1 N–H and O–H groups in total. The van der Waals surface area contributed by atoms with Crippen molar-refractivity contribution in [2.75, 3.05) is 18.1 Å². The van der Waals surface area contributed by atoms with Crippen molar-refractivity contribution in [3.05, 3.63) is 61.1 Å². The molecule has 4 rings (SSSR count). The second-order valence-corrected chi connectivity index (χ2v) is 5.15. The first kappa shape index (κ1) is 13.7. The van der Waals surface area contributed by atoms with Crippen molar-refractivity contribution in [2.45, 2.75) is 0 Å². The monoisotopic (exact) mass is 305 g/mol. The minimum Gasteiger partial charge on any atom is -0.395 e. The lowest BCUT2D eigenvalue weighted by molar-refractivity contribution is 0.305. The standard InChI is InChI=1S/C17H15N5O/c23-12-11-21(15-7-10-22-16(20-15)6-9-19-22)14-5-1-3-13-4-2-8-18-17(13)14/h1-10,23H,11-12H2. The van der Waals surface area contributed by atoms with Crippen LogP contribution in [-0.2, 0) is 0 Å². The highest BCUT2D eigenvalue weighted by molar-refractivity contribution is 5.92. The van der Waals surface area contributed by atoms with Gasteiger partial charge in [-0.3, -0.25) is 4.98 Å². The van der Waals surface area contributed by atoms with Gasteiger partial charge in [-0.1, -0.05) is 18.2 Å². The molecule has 4 aromatic rings. The zero-order valence-electron chi connectivity index (χ0n) is 12.4. The molecule has 0 saturated heterocycles. The van der Waals surface area contributed by atoms with Crippen molar-refractivity contribution in [1.29, 1.82) is 0 Å². The number of hydrogen-bond acceptors (Lipinski definition) is 5.